The van der Waals surface area contributed by atoms with Gasteiger partial charge in [0, 0.05) is 23.5 Å². The maximum Gasteiger partial charge on any atom is 0.224 e. The van der Waals surface area contributed by atoms with Gasteiger partial charge in [0.25, 0.3) is 0 Å². The van der Waals surface area contributed by atoms with Crippen molar-refractivity contribution in [3.05, 3.63) is 34.3 Å². The van der Waals surface area contributed by atoms with Gasteiger partial charge in [-0.3, -0.25) is 4.79 Å². The average Bonchev–Trinajstić information content (AvgIpc) is 2.88. The summed E-state index contributed by atoms with van der Waals surface area (Å²) in [6, 6.07) is 8.81. The molecule has 4 heteroatoms. The summed E-state index contributed by atoms with van der Waals surface area (Å²) in [5.74, 6) is 0.265. The van der Waals surface area contributed by atoms with Crippen LogP contribution in [0.4, 0.5) is 0 Å². The minimum Gasteiger partial charge on any atom is -0.336 e. The number of benzene rings is 1. The second-order valence-electron chi connectivity index (χ2n) is 5.46. The quantitative estimate of drug-likeness (QED) is 0.891. The fourth-order valence-corrected chi connectivity index (χ4v) is 3.34. The number of nitrogens with zero attached hydrogens (tertiary/aromatic N) is 1. The molecule has 0 saturated carbocycles. The first-order valence-electron chi connectivity index (χ1n) is 7.40. The summed E-state index contributed by atoms with van der Waals surface area (Å²) in [4.78, 5) is 14.5. The molecule has 110 valence electrons. The molecule has 0 bridgehead atoms. The number of likely N-dealkylation sites (tertiary alicyclic amines) is 1. The summed E-state index contributed by atoms with van der Waals surface area (Å²) in [7, 11) is 0. The molecule has 1 heterocycles. The highest BCUT2D eigenvalue weighted by molar-refractivity contribution is 9.10. The first kappa shape index (κ1) is 15.5. The maximum absolute atomic E-state index is 12.5. The van der Waals surface area contributed by atoms with E-state index in [9.17, 15) is 4.79 Å². The molecule has 1 aromatic rings. The second-order valence-corrected chi connectivity index (χ2v) is 6.38. The Morgan fingerprint density at radius 2 is 2.35 bits per heavy atom. The van der Waals surface area contributed by atoms with Gasteiger partial charge >= 0.3 is 0 Å². The van der Waals surface area contributed by atoms with Crippen LogP contribution >= 0.6 is 15.9 Å². The van der Waals surface area contributed by atoms with Gasteiger partial charge < -0.3 is 10.2 Å². The minimum absolute atomic E-state index is 0.244. The van der Waals surface area contributed by atoms with E-state index in [0.717, 1.165) is 30.4 Å². The highest BCUT2D eigenvalue weighted by Gasteiger charge is 2.30. The zero-order chi connectivity index (χ0) is 14.5. The van der Waals surface area contributed by atoms with Crippen molar-refractivity contribution in [2.45, 2.75) is 45.2 Å². The Morgan fingerprint density at radius 1 is 1.55 bits per heavy atom. The Kier molecular flexibility index (Phi) is 5.61. The van der Waals surface area contributed by atoms with E-state index in [1.165, 1.54) is 5.56 Å². The molecule has 0 radical (unpaired) electrons. The van der Waals surface area contributed by atoms with Gasteiger partial charge in [0.15, 0.2) is 0 Å². The molecular weight excluding hydrogens is 316 g/mol. The van der Waals surface area contributed by atoms with E-state index in [1.807, 2.05) is 12.1 Å². The summed E-state index contributed by atoms with van der Waals surface area (Å²) < 4.78 is 1.08. The number of hydrogen-bond donors (Lipinski definition) is 1. The van der Waals surface area contributed by atoms with E-state index in [2.05, 4.69) is 52.1 Å². The Labute approximate surface area is 129 Å². The van der Waals surface area contributed by atoms with Gasteiger partial charge in [0.1, 0.15) is 0 Å². The Balaban J connectivity index is 2.05. The molecule has 2 unspecified atom stereocenters. The highest BCUT2D eigenvalue weighted by atomic mass is 79.9. The summed E-state index contributed by atoms with van der Waals surface area (Å²) >= 11 is 3.51. The van der Waals surface area contributed by atoms with Crippen molar-refractivity contribution in [3.63, 3.8) is 0 Å². The van der Waals surface area contributed by atoms with Gasteiger partial charge in [0.2, 0.25) is 5.91 Å². The molecule has 1 aliphatic rings. The normalized spacial score (nSPS) is 20.1. The van der Waals surface area contributed by atoms with E-state index in [1.54, 1.807) is 0 Å². The Morgan fingerprint density at radius 3 is 3.05 bits per heavy atom. The monoisotopic (exact) mass is 338 g/mol. The molecule has 2 atom stereocenters. The number of nitrogens with one attached hydrogen (secondary N) is 1. The molecule has 1 aliphatic heterocycles. The molecule has 1 saturated heterocycles. The van der Waals surface area contributed by atoms with Crippen LogP contribution in [-0.2, 0) is 4.79 Å². The lowest BCUT2D eigenvalue weighted by molar-refractivity contribution is -0.132. The van der Waals surface area contributed by atoms with Gasteiger partial charge in [-0.25, -0.2) is 0 Å². The molecule has 1 fully saturated rings. The SMILES string of the molecule is CCNC(C)CC(=O)N1CCCC1c1cccc(Br)c1. The standard InChI is InChI=1S/C16H23BrN2O/c1-3-18-12(2)10-16(20)19-9-5-8-15(19)13-6-4-7-14(17)11-13/h4,6-7,11-12,15,18H,3,5,8-10H2,1-2H3. The van der Waals surface area contributed by atoms with E-state index in [4.69, 9.17) is 0 Å². The molecule has 0 aliphatic carbocycles. The summed E-state index contributed by atoms with van der Waals surface area (Å²) in [5, 5.41) is 3.31. The van der Waals surface area contributed by atoms with Crippen molar-refractivity contribution in [3.8, 4) is 0 Å². The van der Waals surface area contributed by atoms with Gasteiger partial charge in [-0.2, -0.15) is 0 Å². The number of rotatable bonds is 5. The smallest absolute Gasteiger partial charge is 0.224 e. The molecule has 1 N–H and O–H groups in total. The number of carbonyl (C=O) groups excluding carboxylic acids is 1. The zero-order valence-corrected chi connectivity index (χ0v) is 13.8. The summed E-state index contributed by atoms with van der Waals surface area (Å²) in [6.07, 6.45) is 2.74. The fraction of sp³-hybridized carbons (Fsp3) is 0.562. The fourth-order valence-electron chi connectivity index (χ4n) is 2.93. The minimum atomic E-state index is 0.244. The van der Waals surface area contributed by atoms with Crippen LogP contribution in [-0.4, -0.2) is 29.9 Å². The third-order valence-corrected chi connectivity index (χ3v) is 4.33. The summed E-state index contributed by atoms with van der Waals surface area (Å²) in [5.41, 5.74) is 1.24. The maximum atomic E-state index is 12.5. The number of hydrogen-bond acceptors (Lipinski definition) is 2. The van der Waals surface area contributed by atoms with Crippen molar-refractivity contribution in [1.82, 2.24) is 10.2 Å². The van der Waals surface area contributed by atoms with Crippen LogP contribution in [0.5, 0.6) is 0 Å². The largest absolute Gasteiger partial charge is 0.336 e. The number of amides is 1. The van der Waals surface area contributed by atoms with Gasteiger partial charge in [-0.15, -0.1) is 0 Å². The van der Waals surface area contributed by atoms with E-state index in [0.29, 0.717) is 6.42 Å². The van der Waals surface area contributed by atoms with Crippen LogP contribution < -0.4 is 5.32 Å². The topological polar surface area (TPSA) is 32.3 Å². The predicted octanol–water partition coefficient (Wildman–Crippen LogP) is 3.50. The lowest BCUT2D eigenvalue weighted by Gasteiger charge is -2.26. The number of halogens is 1. The average molecular weight is 339 g/mol. The van der Waals surface area contributed by atoms with Crippen LogP contribution in [0.25, 0.3) is 0 Å². The van der Waals surface area contributed by atoms with Crippen molar-refractivity contribution in [2.75, 3.05) is 13.1 Å². The van der Waals surface area contributed by atoms with E-state index >= 15 is 0 Å². The lowest BCUT2D eigenvalue weighted by atomic mass is 10.0. The molecule has 3 nitrogen and oxygen atoms in total. The lowest BCUT2D eigenvalue weighted by Crippen LogP contribution is -2.36. The van der Waals surface area contributed by atoms with Crippen molar-refractivity contribution < 1.29 is 4.79 Å². The van der Waals surface area contributed by atoms with E-state index in [-0.39, 0.29) is 18.0 Å². The molecule has 1 amide bonds. The Bertz CT molecular complexity index is 464. The van der Waals surface area contributed by atoms with Crippen molar-refractivity contribution in [1.29, 1.82) is 0 Å². The van der Waals surface area contributed by atoms with Crippen LogP contribution in [0, 0.1) is 0 Å². The van der Waals surface area contributed by atoms with Crippen molar-refractivity contribution >= 4 is 21.8 Å². The van der Waals surface area contributed by atoms with Crippen LogP contribution in [0.2, 0.25) is 0 Å². The first-order valence-corrected chi connectivity index (χ1v) is 8.19. The zero-order valence-electron chi connectivity index (χ0n) is 12.2. The molecule has 1 aromatic carbocycles. The van der Waals surface area contributed by atoms with Gasteiger partial charge in [-0.05, 0) is 44.0 Å². The third-order valence-electron chi connectivity index (χ3n) is 3.84. The third kappa shape index (κ3) is 3.83. The predicted molar refractivity (Wildman–Crippen MR) is 85.6 cm³/mol. The molecule has 20 heavy (non-hydrogen) atoms. The molecule has 0 spiro atoms. The van der Waals surface area contributed by atoms with Crippen molar-refractivity contribution in [2.24, 2.45) is 0 Å². The summed E-state index contributed by atoms with van der Waals surface area (Å²) in [6.45, 7) is 5.94. The molecular formula is C16H23BrN2O. The second kappa shape index (κ2) is 7.23. The Hall–Kier alpha value is -0.870. The van der Waals surface area contributed by atoms with Crippen LogP contribution in [0.3, 0.4) is 0 Å². The number of carbonyl (C=O) groups is 1. The van der Waals surface area contributed by atoms with Crippen LogP contribution in [0.1, 0.15) is 44.7 Å². The van der Waals surface area contributed by atoms with Crippen LogP contribution in [0.15, 0.2) is 28.7 Å². The first-order chi connectivity index (χ1) is 9.61. The highest BCUT2D eigenvalue weighted by Crippen LogP contribution is 2.33. The van der Waals surface area contributed by atoms with Gasteiger partial charge in [0.05, 0.1) is 6.04 Å². The molecule has 0 aromatic heterocycles. The van der Waals surface area contributed by atoms with Gasteiger partial charge in [-0.1, -0.05) is 35.0 Å². The van der Waals surface area contributed by atoms with E-state index < -0.39 is 0 Å². The molecule has 2 rings (SSSR count).